The molecule has 0 aliphatic heterocycles. The van der Waals surface area contributed by atoms with Crippen molar-refractivity contribution in [1.29, 1.82) is 0 Å². The molecule has 2 heteroatoms. The van der Waals surface area contributed by atoms with Crippen LogP contribution < -0.4 is 0 Å². The maximum atomic E-state index is 10.2. The Morgan fingerprint density at radius 3 is 1.90 bits per heavy atom. The molecule has 0 rings (SSSR count). The van der Waals surface area contributed by atoms with E-state index in [1.165, 1.54) is 44.6 Å². The first-order valence-electron chi connectivity index (χ1n) is 7.83. The number of carboxylic acids is 1. The van der Waals surface area contributed by atoms with Gasteiger partial charge in [0.2, 0.25) is 0 Å². The SMILES string of the molecule is CCCCCCCC/C=C/C=C/C=C/C=C/C=C/C(=O)O. The van der Waals surface area contributed by atoms with Gasteiger partial charge < -0.3 is 5.11 Å². The van der Waals surface area contributed by atoms with Crippen LogP contribution in [-0.2, 0) is 4.79 Å². The molecule has 21 heavy (non-hydrogen) atoms. The van der Waals surface area contributed by atoms with E-state index in [0.717, 1.165) is 12.5 Å². The van der Waals surface area contributed by atoms with E-state index < -0.39 is 5.97 Å². The Hall–Kier alpha value is -1.83. The molecule has 0 saturated carbocycles. The monoisotopic (exact) mass is 288 g/mol. The lowest BCUT2D eigenvalue weighted by atomic mass is 10.1. The molecule has 0 heterocycles. The predicted octanol–water partition coefficient (Wildman–Crippen LogP) is 5.60. The minimum absolute atomic E-state index is 0.931. The first-order valence-corrected chi connectivity index (χ1v) is 7.83. The van der Waals surface area contributed by atoms with Gasteiger partial charge in [-0.05, 0) is 12.8 Å². The molecular weight excluding hydrogens is 260 g/mol. The van der Waals surface area contributed by atoms with Gasteiger partial charge >= 0.3 is 5.97 Å². The molecule has 0 amide bonds. The number of unbranched alkanes of at least 4 members (excludes halogenated alkanes) is 6. The molecule has 0 bridgehead atoms. The Kier molecular flexibility index (Phi) is 14.8. The summed E-state index contributed by atoms with van der Waals surface area (Å²) >= 11 is 0. The standard InChI is InChI=1S/C19H28O2/c1-2-3-4-5-6-7-8-9-10-11-12-13-14-15-16-17-18-19(20)21/h9-18H,2-8H2,1H3,(H,20,21)/b10-9+,12-11+,14-13+,16-15+,18-17+. The third-order valence-corrected chi connectivity index (χ3v) is 2.88. The van der Waals surface area contributed by atoms with E-state index in [-0.39, 0.29) is 0 Å². The van der Waals surface area contributed by atoms with Gasteiger partial charge in [0, 0.05) is 6.08 Å². The minimum Gasteiger partial charge on any atom is -0.478 e. The number of allylic oxidation sites excluding steroid dienone is 9. The molecule has 0 aromatic heterocycles. The predicted molar refractivity (Wildman–Crippen MR) is 91.3 cm³/mol. The second-order valence-electron chi connectivity index (χ2n) is 4.84. The summed E-state index contributed by atoms with van der Waals surface area (Å²) in [5.74, 6) is -0.931. The second-order valence-corrected chi connectivity index (χ2v) is 4.84. The fraction of sp³-hybridized carbons (Fsp3) is 0.421. The third kappa shape index (κ3) is 18.2. The molecule has 0 aliphatic rings. The molecule has 0 unspecified atom stereocenters. The molecule has 116 valence electrons. The first kappa shape index (κ1) is 19.2. The molecule has 0 fully saturated rings. The zero-order valence-electron chi connectivity index (χ0n) is 13.1. The van der Waals surface area contributed by atoms with Gasteiger partial charge in [0.15, 0.2) is 0 Å². The number of carbonyl (C=O) groups is 1. The number of aliphatic carboxylic acids is 1. The second kappa shape index (κ2) is 16.2. The van der Waals surface area contributed by atoms with Crippen molar-refractivity contribution < 1.29 is 9.90 Å². The Balaban J connectivity index is 3.53. The van der Waals surface area contributed by atoms with Gasteiger partial charge in [0.25, 0.3) is 0 Å². The molecule has 0 aromatic rings. The van der Waals surface area contributed by atoms with Crippen LogP contribution in [0.1, 0.15) is 51.9 Å². The summed E-state index contributed by atoms with van der Waals surface area (Å²) in [5.41, 5.74) is 0. The molecule has 1 N–H and O–H groups in total. The summed E-state index contributed by atoms with van der Waals surface area (Å²) < 4.78 is 0. The summed E-state index contributed by atoms with van der Waals surface area (Å²) in [7, 11) is 0. The summed E-state index contributed by atoms with van der Waals surface area (Å²) in [5, 5.41) is 8.37. The van der Waals surface area contributed by atoms with Crippen LogP contribution in [0.4, 0.5) is 0 Å². The van der Waals surface area contributed by atoms with Crippen LogP contribution in [0.15, 0.2) is 60.8 Å². The zero-order chi connectivity index (χ0) is 15.6. The van der Waals surface area contributed by atoms with Gasteiger partial charge in [-0.3, -0.25) is 0 Å². The summed E-state index contributed by atoms with van der Waals surface area (Å²) in [6, 6.07) is 0. The van der Waals surface area contributed by atoms with E-state index in [9.17, 15) is 4.79 Å². The highest BCUT2D eigenvalue weighted by Gasteiger charge is 1.87. The molecule has 0 aromatic carbocycles. The third-order valence-electron chi connectivity index (χ3n) is 2.88. The summed E-state index contributed by atoms with van der Waals surface area (Å²) in [6.07, 6.45) is 27.3. The summed E-state index contributed by atoms with van der Waals surface area (Å²) in [4.78, 5) is 10.2. The number of hydrogen-bond donors (Lipinski definition) is 1. The minimum atomic E-state index is -0.931. The quantitative estimate of drug-likeness (QED) is 0.288. The highest BCUT2D eigenvalue weighted by atomic mass is 16.4. The fourth-order valence-corrected chi connectivity index (χ4v) is 1.74. The maximum Gasteiger partial charge on any atom is 0.328 e. The molecular formula is C19H28O2. The smallest absolute Gasteiger partial charge is 0.328 e. The Morgan fingerprint density at radius 2 is 1.29 bits per heavy atom. The lowest BCUT2D eigenvalue weighted by Gasteiger charge is -1.97. The van der Waals surface area contributed by atoms with Gasteiger partial charge in [-0.1, -0.05) is 93.7 Å². The van der Waals surface area contributed by atoms with E-state index in [0.29, 0.717) is 0 Å². The van der Waals surface area contributed by atoms with Gasteiger partial charge in [-0.15, -0.1) is 0 Å². The topological polar surface area (TPSA) is 37.3 Å². The molecule has 0 spiro atoms. The van der Waals surface area contributed by atoms with E-state index in [2.05, 4.69) is 19.1 Å². The van der Waals surface area contributed by atoms with Gasteiger partial charge in [-0.2, -0.15) is 0 Å². The average Bonchev–Trinajstić information content (AvgIpc) is 2.46. The Morgan fingerprint density at radius 1 is 0.762 bits per heavy atom. The molecule has 0 atom stereocenters. The fourth-order valence-electron chi connectivity index (χ4n) is 1.74. The van der Waals surface area contributed by atoms with Crippen molar-refractivity contribution in [2.75, 3.05) is 0 Å². The lowest BCUT2D eigenvalue weighted by Crippen LogP contribution is -1.84. The highest BCUT2D eigenvalue weighted by Crippen LogP contribution is 2.07. The number of rotatable bonds is 12. The normalized spacial score (nSPS) is 12.8. The van der Waals surface area contributed by atoms with E-state index in [1.807, 2.05) is 24.3 Å². The molecule has 0 saturated heterocycles. The van der Waals surface area contributed by atoms with E-state index in [4.69, 9.17) is 5.11 Å². The highest BCUT2D eigenvalue weighted by molar-refractivity contribution is 5.80. The van der Waals surface area contributed by atoms with Gasteiger partial charge in [0.1, 0.15) is 0 Å². The van der Waals surface area contributed by atoms with Gasteiger partial charge in [0.05, 0.1) is 0 Å². The van der Waals surface area contributed by atoms with E-state index in [1.54, 1.807) is 12.2 Å². The van der Waals surface area contributed by atoms with Crippen LogP contribution in [0.3, 0.4) is 0 Å². The largest absolute Gasteiger partial charge is 0.478 e. The van der Waals surface area contributed by atoms with Crippen molar-refractivity contribution in [2.24, 2.45) is 0 Å². The number of carboxylic acid groups (broad SMARTS) is 1. The van der Waals surface area contributed by atoms with Crippen molar-refractivity contribution in [3.8, 4) is 0 Å². The van der Waals surface area contributed by atoms with Gasteiger partial charge in [-0.25, -0.2) is 4.79 Å². The molecule has 2 nitrogen and oxygen atoms in total. The Labute approximate surface area is 129 Å². The van der Waals surface area contributed by atoms with Crippen LogP contribution in [-0.4, -0.2) is 11.1 Å². The van der Waals surface area contributed by atoms with Crippen molar-refractivity contribution >= 4 is 5.97 Å². The van der Waals surface area contributed by atoms with Crippen LogP contribution in [0.25, 0.3) is 0 Å². The van der Waals surface area contributed by atoms with Crippen LogP contribution in [0, 0.1) is 0 Å². The van der Waals surface area contributed by atoms with E-state index >= 15 is 0 Å². The van der Waals surface area contributed by atoms with Crippen LogP contribution in [0.2, 0.25) is 0 Å². The zero-order valence-corrected chi connectivity index (χ0v) is 13.1. The van der Waals surface area contributed by atoms with Crippen LogP contribution in [0.5, 0.6) is 0 Å². The average molecular weight is 288 g/mol. The molecule has 0 radical (unpaired) electrons. The summed E-state index contributed by atoms with van der Waals surface area (Å²) in [6.45, 7) is 2.24. The number of hydrogen-bond acceptors (Lipinski definition) is 1. The maximum absolute atomic E-state index is 10.2. The van der Waals surface area contributed by atoms with Crippen molar-refractivity contribution in [1.82, 2.24) is 0 Å². The molecule has 0 aliphatic carbocycles. The van der Waals surface area contributed by atoms with Crippen LogP contribution >= 0.6 is 0 Å². The lowest BCUT2D eigenvalue weighted by molar-refractivity contribution is -0.131. The van der Waals surface area contributed by atoms with Crippen molar-refractivity contribution in [3.05, 3.63) is 60.8 Å². The Bertz CT molecular complexity index is 384. The van der Waals surface area contributed by atoms with Crippen molar-refractivity contribution in [2.45, 2.75) is 51.9 Å². The first-order chi connectivity index (χ1) is 10.3. The van der Waals surface area contributed by atoms with Crippen molar-refractivity contribution in [3.63, 3.8) is 0 Å².